The summed E-state index contributed by atoms with van der Waals surface area (Å²) in [6.45, 7) is 8.65. The van der Waals surface area contributed by atoms with Crippen molar-refractivity contribution < 1.29 is 4.79 Å². The van der Waals surface area contributed by atoms with Crippen LogP contribution in [0.3, 0.4) is 0 Å². The van der Waals surface area contributed by atoms with Crippen molar-refractivity contribution in [2.45, 2.75) is 33.2 Å². The van der Waals surface area contributed by atoms with Gasteiger partial charge in [0.05, 0.1) is 10.4 Å². The van der Waals surface area contributed by atoms with Gasteiger partial charge in [0, 0.05) is 0 Å². The maximum atomic E-state index is 12.1. The van der Waals surface area contributed by atoms with Gasteiger partial charge in [-0.3, -0.25) is 4.79 Å². The van der Waals surface area contributed by atoms with E-state index in [1.807, 2.05) is 39.1 Å². The van der Waals surface area contributed by atoms with Gasteiger partial charge in [0.2, 0.25) is 0 Å². The summed E-state index contributed by atoms with van der Waals surface area (Å²) in [5, 5.41) is 5.16. The molecule has 2 nitrogen and oxygen atoms in total. The molecule has 1 aromatic heterocycles. The van der Waals surface area contributed by atoms with Crippen LogP contribution in [0.25, 0.3) is 0 Å². The van der Waals surface area contributed by atoms with Crippen LogP contribution in [-0.2, 0) is 0 Å². The topological polar surface area (TPSA) is 29.1 Å². The van der Waals surface area contributed by atoms with E-state index in [0.717, 1.165) is 17.0 Å². The molecule has 3 heteroatoms. The lowest BCUT2D eigenvalue weighted by Gasteiger charge is -2.23. The molecule has 0 aliphatic rings. The highest BCUT2D eigenvalue weighted by Gasteiger charge is 2.28. The second kappa shape index (κ2) is 4.24. The van der Waals surface area contributed by atoms with Crippen molar-refractivity contribution in [3.63, 3.8) is 0 Å². The molecule has 1 heterocycles. The maximum absolute atomic E-state index is 12.1. The van der Waals surface area contributed by atoms with E-state index in [0.29, 0.717) is 0 Å². The quantitative estimate of drug-likeness (QED) is 0.776. The first-order valence-electron chi connectivity index (χ1n) is 4.83. The fraction of sp³-hybridized carbons (Fsp3) is 0.545. The van der Waals surface area contributed by atoms with Gasteiger partial charge in [-0.1, -0.05) is 6.92 Å². The third kappa shape index (κ3) is 2.22. The largest absolute Gasteiger partial charge is 0.305 e. The highest BCUT2D eigenvalue weighted by Crippen LogP contribution is 2.21. The lowest BCUT2D eigenvalue weighted by Crippen LogP contribution is -2.46. The van der Waals surface area contributed by atoms with Gasteiger partial charge in [-0.15, -0.1) is 11.3 Å². The number of nitrogens with one attached hydrogen (secondary N) is 1. The van der Waals surface area contributed by atoms with Gasteiger partial charge >= 0.3 is 0 Å². The fourth-order valence-corrected chi connectivity index (χ4v) is 2.44. The molecule has 1 aromatic rings. The molecule has 0 spiro atoms. The van der Waals surface area contributed by atoms with Crippen LogP contribution in [-0.4, -0.2) is 17.9 Å². The number of Topliss-reactive ketones (excluding diaryl/α,β-unsaturated/α-hetero) is 1. The number of rotatable bonds is 4. The fourth-order valence-electron chi connectivity index (χ4n) is 1.41. The van der Waals surface area contributed by atoms with E-state index in [1.54, 1.807) is 0 Å². The number of thiophene rings is 1. The van der Waals surface area contributed by atoms with Crippen LogP contribution < -0.4 is 5.32 Å². The van der Waals surface area contributed by atoms with E-state index in [2.05, 4.69) is 5.32 Å². The summed E-state index contributed by atoms with van der Waals surface area (Å²) < 4.78 is 0. The highest BCUT2D eigenvalue weighted by atomic mass is 32.1. The molecule has 0 saturated carbocycles. The minimum Gasteiger partial charge on any atom is -0.305 e. The summed E-state index contributed by atoms with van der Waals surface area (Å²) in [7, 11) is 0. The summed E-state index contributed by atoms with van der Waals surface area (Å²) in [5.74, 6) is 0.187. The van der Waals surface area contributed by atoms with E-state index in [4.69, 9.17) is 0 Å². The minimum atomic E-state index is -0.454. The Morgan fingerprint density at radius 1 is 1.57 bits per heavy atom. The molecule has 78 valence electrons. The lowest BCUT2D eigenvalue weighted by molar-refractivity contribution is 0.0888. The van der Waals surface area contributed by atoms with Gasteiger partial charge in [-0.25, -0.2) is 0 Å². The molecular formula is C11H17NOS. The zero-order valence-corrected chi connectivity index (χ0v) is 9.99. The molecule has 0 aliphatic carbocycles. The zero-order valence-electron chi connectivity index (χ0n) is 9.18. The number of ketones is 1. The molecule has 14 heavy (non-hydrogen) atoms. The molecule has 0 aliphatic heterocycles. The zero-order chi connectivity index (χ0) is 10.8. The van der Waals surface area contributed by atoms with Gasteiger partial charge in [0.1, 0.15) is 0 Å². The summed E-state index contributed by atoms with van der Waals surface area (Å²) in [6.07, 6.45) is 0. The number of hydrogen-bond donors (Lipinski definition) is 1. The number of aryl methyl sites for hydroxylation is 1. The van der Waals surface area contributed by atoms with Crippen LogP contribution in [0.2, 0.25) is 0 Å². The van der Waals surface area contributed by atoms with Crippen molar-refractivity contribution in [3.05, 3.63) is 21.9 Å². The smallest absolute Gasteiger partial charge is 0.192 e. The first-order valence-corrected chi connectivity index (χ1v) is 5.71. The Labute approximate surface area is 89.3 Å². The maximum Gasteiger partial charge on any atom is 0.192 e. The monoisotopic (exact) mass is 211 g/mol. The molecule has 0 saturated heterocycles. The normalized spacial score (nSPS) is 11.7. The number of carbonyl (C=O) groups excluding carboxylic acids is 1. The van der Waals surface area contributed by atoms with Crippen molar-refractivity contribution in [3.8, 4) is 0 Å². The van der Waals surface area contributed by atoms with Crippen LogP contribution in [0.15, 0.2) is 11.4 Å². The van der Waals surface area contributed by atoms with Crippen LogP contribution in [0, 0.1) is 6.92 Å². The lowest BCUT2D eigenvalue weighted by atomic mass is 9.96. The Bertz CT molecular complexity index is 328. The van der Waals surface area contributed by atoms with Gasteiger partial charge in [-0.2, -0.15) is 0 Å². The molecule has 0 fully saturated rings. The van der Waals surface area contributed by atoms with Gasteiger partial charge < -0.3 is 5.32 Å². The van der Waals surface area contributed by atoms with Gasteiger partial charge in [0.15, 0.2) is 5.78 Å². The Balaban J connectivity index is 2.90. The molecule has 0 unspecified atom stereocenters. The second-order valence-corrected chi connectivity index (χ2v) is 4.83. The number of likely N-dealkylation sites (N-methyl/N-ethyl adjacent to an activating group) is 1. The van der Waals surface area contributed by atoms with Crippen molar-refractivity contribution in [1.82, 2.24) is 5.32 Å². The molecule has 0 bridgehead atoms. The Kier molecular flexibility index (Phi) is 3.45. The third-order valence-electron chi connectivity index (χ3n) is 2.25. The van der Waals surface area contributed by atoms with Crippen molar-refractivity contribution in [2.24, 2.45) is 0 Å². The van der Waals surface area contributed by atoms with E-state index in [1.165, 1.54) is 11.3 Å². The predicted octanol–water partition coefficient (Wildman–Crippen LogP) is 2.63. The van der Waals surface area contributed by atoms with Crippen LogP contribution >= 0.6 is 11.3 Å². The average molecular weight is 211 g/mol. The molecule has 0 atom stereocenters. The summed E-state index contributed by atoms with van der Waals surface area (Å²) >= 11 is 1.52. The average Bonchev–Trinajstić information content (AvgIpc) is 2.50. The van der Waals surface area contributed by atoms with Crippen LogP contribution in [0.5, 0.6) is 0 Å². The van der Waals surface area contributed by atoms with E-state index in [9.17, 15) is 4.79 Å². The van der Waals surface area contributed by atoms with E-state index < -0.39 is 5.54 Å². The first kappa shape index (κ1) is 11.4. The third-order valence-corrected chi connectivity index (χ3v) is 3.27. The standard InChI is InChI=1S/C11H17NOS/c1-5-12-11(3,4)10(13)9-8(2)6-7-14-9/h6-7,12H,5H2,1-4H3. The molecule has 0 radical (unpaired) electrons. The Morgan fingerprint density at radius 2 is 2.21 bits per heavy atom. The van der Waals surface area contributed by atoms with E-state index >= 15 is 0 Å². The van der Waals surface area contributed by atoms with Crippen LogP contribution in [0.1, 0.15) is 36.0 Å². The van der Waals surface area contributed by atoms with Crippen molar-refractivity contribution in [1.29, 1.82) is 0 Å². The Hall–Kier alpha value is -0.670. The van der Waals surface area contributed by atoms with Gasteiger partial charge in [0.25, 0.3) is 0 Å². The number of hydrogen-bond acceptors (Lipinski definition) is 3. The summed E-state index contributed by atoms with van der Waals surface area (Å²) in [5.41, 5.74) is 0.621. The number of carbonyl (C=O) groups is 1. The van der Waals surface area contributed by atoms with Crippen LogP contribution in [0.4, 0.5) is 0 Å². The highest BCUT2D eigenvalue weighted by molar-refractivity contribution is 7.12. The minimum absolute atomic E-state index is 0.187. The first-order chi connectivity index (χ1) is 6.49. The molecule has 0 amide bonds. The Morgan fingerprint density at radius 3 is 2.64 bits per heavy atom. The predicted molar refractivity (Wildman–Crippen MR) is 61.1 cm³/mol. The SMILES string of the molecule is CCNC(C)(C)C(=O)c1sccc1C. The molecule has 0 aromatic carbocycles. The van der Waals surface area contributed by atoms with Crippen molar-refractivity contribution in [2.75, 3.05) is 6.54 Å². The van der Waals surface area contributed by atoms with Gasteiger partial charge in [-0.05, 0) is 44.3 Å². The summed E-state index contributed by atoms with van der Waals surface area (Å²) in [6, 6.07) is 1.99. The molecule has 1 N–H and O–H groups in total. The van der Waals surface area contributed by atoms with Crippen molar-refractivity contribution >= 4 is 17.1 Å². The summed E-state index contributed by atoms with van der Waals surface area (Å²) in [4.78, 5) is 13.0. The molecule has 1 rings (SSSR count). The molecular weight excluding hydrogens is 194 g/mol. The van der Waals surface area contributed by atoms with E-state index in [-0.39, 0.29) is 5.78 Å². The second-order valence-electron chi connectivity index (χ2n) is 3.92.